The Balaban J connectivity index is 1.61. The van der Waals surface area contributed by atoms with Gasteiger partial charge in [-0.05, 0) is 58.4 Å². The van der Waals surface area contributed by atoms with Crippen LogP contribution in [0.1, 0.15) is 44.0 Å². The van der Waals surface area contributed by atoms with Crippen molar-refractivity contribution in [2.45, 2.75) is 39.2 Å². The van der Waals surface area contributed by atoms with Gasteiger partial charge in [0, 0.05) is 23.6 Å². The van der Waals surface area contributed by atoms with Crippen LogP contribution in [0.5, 0.6) is 11.5 Å². The van der Waals surface area contributed by atoms with Crippen molar-refractivity contribution in [1.29, 1.82) is 0 Å². The summed E-state index contributed by atoms with van der Waals surface area (Å²) in [5, 5.41) is 2.97. The molecule has 1 aromatic carbocycles. The molecule has 1 aromatic rings. The van der Waals surface area contributed by atoms with Gasteiger partial charge in [0.05, 0.1) is 6.54 Å². The first-order chi connectivity index (χ1) is 11.8. The Morgan fingerprint density at radius 2 is 2.00 bits per heavy atom. The third kappa shape index (κ3) is 4.51. The van der Waals surface area contributed by atoms with Crippen LogP contribution in [-0.4, -0.2) is 48.6 Å². The highest BCUT2D eigenvalue weighted by molar-refractivity contribution is 5.98. The molecule has 136 valence electrons. The molecular weight excluding hydrogens is 320 g/mol. The molecule has 2 aliphatic heterocycles. The molecule has 6 heteroatoms. The average Bonchev–Trinajstić information content (AvgIpc) is 3.00. The molecule has 0 aliphatic carbocycles. The summed E-state index contributed by atoms with van der Waals surface area (Å²) < 4.78 is 10.7. The number of fused-ring (bicyclic) bond motifs is 1. The van der Waals surface area contributed by atoms with Crippen LogP contribution in [0.25, 0.3) is 0 Å². The van der Waals surface area contributed by atoms with E-state index in [1.165, 1.54) is 0 Å². The normalized spacial score (nSPS) is 20.4. The maximum Gasteiger partial charge on any atom is 0.234 e. The Labute approximate surface area is 148 Å². The van der Waals surface area contributed by atoms with Crippen LogP contribution in [0.2, 0.25) is 0 Å². The van der Waals surface area contributed by atoms with Crippen LogP contribution in [0.3, 0.4) is 0 Å². The minimum atomic E-state index is -0.241. The van der Waals surface area contributed by atoms with E-state index in [-0.39, 0.29) is 29.9 Å². The third-order valence-corrected chi connectivity index (χ3v) is 4.42. The van der Waals surface area contributed by atoms with Crippen molar-refractivity contribution < 1.29 is 19.1 Å². The SMILES string of the molecule is CC(C)(C)NC(=O)CN1CCC[C@@H](C(=O)c2ccc3c(c2)OCO3)C1. The van der Waals surface area contributed by atoms with Crippen molar-refractivity contribution >= 4 is 11.7 Å². The number of hydrogen-bond donors (Lipinski definition) is 1. The summed E-state index contributed by atoms with van der Waals surface area (Å²) >= 11 is 0. The van der Waals surface area contributed by atoms with E-state index in [0.29, 0.717) is 30.2 Å². The molecule has 0 aromatic heterocycles. The van der Waals surface area contributed by atoms with E-state index in [1.807, 2.05) is 20.8 Å². The predicted octanol–water partition coefficient (Wildman–Crippen LogP) is 2.22. The first-order valence-electron chi connectivity index (χ1n) is 8.79. The molecule has 25 heavy (non-hydrogen) atoms. The smallest absolute Gasteiger partial charge is 0.234 e. The van der Waals surface area contributed by atoms with Gasteiger partial charge in [0.2, 0.25) is 12.7 Å². The van der Waals surface area contributed by atoms with Gasteiger partial charge in [0.25, 0.3) is 0 Å². The second-order valence-corrected chi connectivity index (χ2v) is 7.80. The summed E-state index contributed by atoms with van der Waals surface area (Å²) in [4.78, 5) is 27.0. The second kappa shape index (κ2) is 7.04. The molecule has 0 unspecified atom stereocenters. The molecule has 2 heterocycles. The minimum absolute atomic E-state index is 0.00341. The lowest BCUT2D eigenvalue weighted by molar-refractivity contribution is -0.124. The van der Waals surface area contributed by atoms with Gasteiger partial charge in [-0.1, -0.05) is 0 Å². The van der Waals surface area contributed by atoms with E-state index in [4.69, 9.17) is 9.47 Å². The molecule has 1 fully saturated rings. The molecule has 0 saturated carbocycles. The van der Waals surface area contributed by atoms with Crippen LogP contribution in [0.4, 0.5) is 0 Å². The fourth-order valence-electron chi connectivity index (χ4n) is 3.36. The zero-order valence-electron chi connectivity index (χ0n) is 15.1. The quantitative estimate of drug-likeness (QED) is 0.847. The van der Waals surface area contributed by atoms with Crippen molar-refractivity contribution in [3.8, 4) is 11.5 Å². The first kappa shape index (κ1) is 17.7. The van der Waals surface area contributed by atoms with Crippen molar-refractivity contribution in [1.82, 2.24) is 10.2 Å². The number of amides is 1. The number of ketones is 1. The van der Waals surface area contributed by atoms with E-state index in [1.54, 1.807) is 18.2 Å². The van der Waals surface area contributed by atoms with Gasteiger partial charge in [-0.3, -0.25) is 14.5 Å². The zero-order valence-corrected chi connectivity index (χ0v) is 15.1. The van der Waals surface area contributed by atoms with E-state index in [2.05, 4.69) is 10.2 Å². The number of nitrogens with one attached hydrogen (secondary N) is 1. The fourth-order valence-corrected chi connectivity index (χ4v) is 3.36. The number of carbonyl (C=O) groups is 2. The molecule has 1 atom stereocenters. The first-order valence-corrected chi connectivity index (χ1v) is 8.79. The van der Waals surface area contributed by atoms with Gasteiger partial charge in [-0.15, -0.1) is 0 Å². The Hall–Kier alpha value is -2.08. The predicted molar refractivity (Wildman–Crippen MR) is 94.0 cm³/mol. The maximum absolute atomic E-state index is 12.8. The molecule has 1 N–H and O–H groups in total. The lowest BCUT2D eigenvalue weighted by Crippen LogP contribution is -2.48. The highest BCUT2D eigenvalue weighted by Crippen LogP contribution is 2.33. The van der Waals surface area contributed by atoms with Gasteiger partial charge in [0.15, 0.2) is 17.3 Å². The largest absolute Gasteiger partial charge is 0.454 e. The van der Waals surface area contributed by atoms with Gasteiger partial charge in [-0.2, -0.15) is 0 Å². The summed E-state index contributed by atoms with van der Waals surface area (Å²) in [5.41, 5.74) is 0.407. The number of nitrogens with zero attached hydrogens (tertiary/aromatic N) is 1. The van der Waals surface area contributed by atoms with Crippen LogP contribution >= 0.6 is 0 Å². The number of likely N-dealkylation sites (tertiary alicyclic amines) is 1. The Bertz CT molecular complexity index is 666. The lowest BCUT2D eigenvalue weighted by Gasteiger charge is -2.32. The molecule has 3 rings (SSSR count). The Morgan fingerprint density at radius 3 is 2.76 bits per heavy atom. The van der Waals surface area contributed by atoms with Crippen molar-refractivity contribution in [3.05, 3.63) is 23.8 Å². The van der Waals surface area contributed by atoms with E-state index >= 15 is 0 Å². The number of piperidine rings is 1. The Kier molecular flexibility index (Phi) is 4.99. The van der Waals surface area contributed by atoms with Gasteiger partial charge < -0.3 is 14.8 Å². The topological polar surface area (TPSA) is 67.9 Å². The summed E-state index contributed by atoms with van der Waals surface area (Å²) in [5.74, 6) is 1.34. The molecule has 1 saturated heterocycles. The van der Waals surface area contributed by atoms with Crippen LogP contribution in [-0.2, 0) is 4.79 Å². The molecule has 0 bridgehead atoms. The van der Waals surface area contributed by atoms with Crippen LogP contribution in [0, 0.1) is 5.92 Å². The number of hydrogen-bond acceptors (Lipinski definition) is 5. The van der Waals surface area contributed by atoms with Crippen molar-refractivity contribution in [2.75, 3.05) is 26.4 Å². The number of Topliss-reactive ketones (excluding diaryl/α,β-unsaturated/α-hetero) is 1. The molecule has 0 spiro atoms. The van der Waals surface area contributed by atoms with Gasteiger partial charge >= 0.3 is 0 Å². The third-order valence-electron chi connectivity index (χ3n) is 4.42. The number of rotatable bonds is 4. The Morgan fingerprint density at radius 1 is 1.24 bits per heavy atom. The molecule has 2 aliphatic rings. The van der Waals surface area contributed by atoms with Crippen molar-refractivity contribution in [2.24, 2.45) is 5.92 Å². The lowest BCUT2D eigenvalue weighted by atomic mass is 9.90. The van der Waals surface area contributed by atoms with Crippen molar-refractivity contribution in [3.63, 3.8) is 0 Å². The number of benzene rings is 1. The second-order valence-electron chi connectivity index (χ2n) is 7.80. The zero-order chi connectivity index (χ0) is 18.0. The minimum Gasteiger partial charge on any atom is -0.454 e. The number of carbonyl (C=O) groups excluding carboxylic acids is 2. The standard InChI is InChI=1S/C19H26N2O4/c1-19(2,3)20-17(22)11-21-8-4-5-14(10-21)18(23)13-6-7-15-16(9-13)25-12-24-15/h6-7,9,14H,4-5,8,10-12H2,1-3H3,(H,20,22)/t14-/m1/s1. The van der Waals surface area contributed by atoms with Crippen LogP contribution < -0.4 is 14.8 Å². The highest BCUT2D eigenvalue weighted by Gasteiger charge is 2.29. The highest BCUT2D eigenvalue weighted by atomic mass is 16.7. The summed E-state index contributed by atoms with van der Waals surface area (Å²) in [7, 11) is 0. The van der Waals surface area contributed by atoms with Crippen LogP contribution in [0.15, 0.2) is 18.2 Å². The molecule has 0 radical (unpaired) electrons. The van der Waals surface area contributed by atoms with E-state index < -0.39 is 0 Å². The summed E-state index contributed by atoms with van der Waals surface area (Å²) in [6.07, 6.45) is 1.77. The van der Waals surface area contributed by atoms with E-state index in [0.717, 1.165) is 19.4 Å². The fraction of sp³-hybridized carbons (Fsp3) is 0.579. The molecular formula is C19H26N2O4. The van der Waals surface area contributed by atoms with E-state index in [9.17, 15) is 9.59 Å². The monoisotopic (exact) mass is 346 g/mol. The summed E-state index contributed by atoms with van der Waals surface area (Å²) in [6, 6.07) is 5.34. The molecule has 1 amide bonds. The van der Waals surface area contributed by atoms with Gasteiger partial charge in [-0.25, -0.2) is 0 Å². The number of ether oxygens (including phenoxy) is 2. The maximum atomic E-state index is 12.8. The summed E-state index contributed by atoms with van der Waals surface area (Å²) in [6.45, 7) is 7.90. The van der Waals surface area contributed by atoms with Gasteiger partial charge in [0.1, 0.15) is 0 Å². The molecule has 6 nitrogen and oxygen atoms in total. The average molecular weight is 346 g/mol.